The first-order chi connectivity index (χ1) is 8.25. The maximum absolute atomic E-state index is 11.0. The molecule has 0 aliphatic carbocycles. The van der Waals surface area contributed by atoms with Crippen molar-refractivity contribution in [2.75, 3.05) is 7.11 Å². The predicted molar refractivity (Wildman–Crippen MR) is 72.8 cm³/mol. The van der Waals surface area contributed by atoms with E-state index in [1.54, 1.807) is 7.11 Å². The normalized spacial score (nSPS) is 12.4. The highest BCUT2D eigenvalue weighted by atomic mass is 16.5. The lowest BCUT2D eigenvalue weighted by Gasteiger charge is -2.24. The van der Waals surface area contributed by atoms with Crippen molar-refractivity contribution < 1.29 is 14.6 Å². The van der Waals surface area contributed by atoms with E-state index in [2.05, 4.69) is 0 Å². The van der Waals surface area contributed by atoms with Crippen LogP contribution in [-0.4, -0.2) is 18.2 Å². The molecule has 18 heavy (non-hydrogen) atoms. The Morgan fingerprint density at radius 1 is 1.33 bits per heavy atom. The molecule has 0 heterocycles. The van der Waals surface area contributed by atoms with Gasteiger partial charge in [-0.05, 0) is 30.0 Å². The van der Waals surface area contributed by atoms with Crippen LogP contribution >= 0.6 is 0 Å². The number of hydrogen-bond donors (Lipinski definition) is 1. The fourth-order valence-corrected chi connectivity index (χ4v) is 1.85. The van der Waals surface area contributed by atoms with Crippen LogP contribution < -0.4 is 4.74 Å². The molecular formula is C15H20O3. The minimum atomic E-state index is -0.941. The quantitative estimate of drug-likeness (QED) is 0.832. The van der Waals surface area contributed by atoms with E-state index in [9.17, 15) is 4.79 Å². The zero-order chi connectivity index (χ0) is 13.9. The minimum Gasteiger partial charge on any atom is -0.496 e. The highest BCUT2D eigenvalue weighted by Gasteiger charge is 2.22. The number of hydrogen-bond acceptors (Lipinski definition) is 2. The lowest BCUT2D eigenvalue weighted by Crippen LogP contribution is -2.11. The number of allylic oxidation sites excluding steroid dienone is 1. The second-order valence-corrected chi connectivity index (χ2v) is 5.35. The number of benzene rings is 1. The molecule has 98 valence electrons. The Morgan fingerprint density at radius 3 is 2.39 bits per heavy atom. The fourth-order valence-electron chi connectivity index (χ4n) is 1.85. The third-order valence-electron chi connectivity index (χ3n) is 2.72. The highest BCUT2D eigenvalue weighted by molar-refractivity contribution is 5.92. The van der Waals surface area contributed by atoms with Gasteiger partial charge < -0.3 is 9.84 Å². The number of carbonyl (C=O) groups is 1. The Labute approximate surface area is 108 Å². The van der Waals surface area contributed by atoms with E-state index in [1.807, 2.05) is 45.9 Å². The number of carboxylic acids is 1. The van der Waals surface area contributed by atoms with Crippen LogP contribution in [0.5, 0.6) is 5.75 Å². The summed E-state index contributed by atoms with van der Waals surface area (Å²) in [6.45, 7) is 7.95. The van der Waals surface area contributed by atoms with Crippen LogP contribution in [0.25, 0.3) is 5.57 Å². The molecule has 0 unspecified atom stereocenters. The van der Waals surface area contributed by atoms with Crippen LogP contribution in [-0.2, 0) is 4.79 Å². The molecule has 1 rings (SSSR count). The average Bonchev–Trinajstić information content (AvgIpc) is 2.24. The summed E-state index contributed by atoms with van der Waals surface area (Å²) in [6.07, 6.45) is 1.26. The zero-order valence-corrected chi connectivity index (χ0v) is 11.6. The lowest BCUT2D eigenvalue weighted by molar-refractivity contribution is -0.131. The number of ether oxygens (including phenoxy) is 1. The molecule has 0 saturated heterocycles. The third kappa shape index (κ3) is 3.36. The smallest absolute Gasteiger partial charge is 0.328 e. The second kappa shape index (κ2) is 5.25. The van der Waals surface area contributed by atoms with Crippen LogP contribution in [0.1, 0.15) is 31.9 Å². The largest absolute Gasteiger partial charge is 0.496 e. The summed E-state index contributed by atoms with van der Waals surface area (Å²) in [4.78, 5) is 11.0. The van der Waals surface area contributed by atoms with E-state index in [0.29, 0.717) is 5.75 Å². The van der Waals surface area contributed by atoms with Gasteiger partial charge in [-0.2, -0.15) is 0 Å². The van der Waals surface area contributed by atoms with Crippen LogP contribution in [0.15, 0.2) is 24.3 Å². The predicted octanol–water partition coefficient (Wildman–Crippen LogP) is 3.52. The van der Waals surface area contributed by atoms with Gasteiger partial charge in [0.2, 0.25) is 0 Å². The maximum Gasteiger partial charge on any atom is 0.328 e. The lowest BCUT2D eigenvalue weighted by atomic mass is 9.81. The van der Waals surface area contributed by atoms with E-state index in [4.69, 9.17) is 9.84 Å². The van der Waals surface area contributed by atoms with Gasteiger partial charge in [0.1, 0.15) is 5.75 Å². The number of carboxylic acid groups (broad SMARTS) is 1. The van der Waals surface area contributed by atoms with Crippen LogP contribution in [0.2, 0.25) is 0 Å². The number of aryl methyl sites for hydroxylation is 1. The molecule has 1 N–H and O–H groups in total. The topological polar surface area (TPSA) is 46.5 Å². The molecule has 0 aromatic heterocycles. The van der Waals surface area contributed by atoms with Gasteiger partial charge in [-0.1, -0.05) is 32.4 Å². The van der Waals surface area contributed by atoms with Gasteiger partial charge in [-0.3, -0.25) is 0 Å². The molecule has 3 heteroatoms. The Morgan fingerprint density at radius 2 is 1.94 bits per heavy atom. The van der Waals surface area contributed by atoms with Gasteiger partial charge in [0.05, 0.1) is 7.11 Å². The standard InChI is InChI=1S/C15H20O3/c1-10-6-7-13(18-5)11(8-10)12(9-14(16)17)15(2,3)4/h6-9H,1-5H3,(H,16,17)/b12-9-. The summed E-state index contributed by atoms with van der Waals surface area (Å²) in [6, 6.07) is 5.77. The molecule has 0 atom stereocenters. The molecular weight excluding hydrogens is 228 g/mol. The van der Waals surface area contributed by atoms with Crippen molar-refractivity contribution in [3.63, 3.8) is 0 Å². The molecule has 0 fully saturated rings. The molecule has 0 aliphatic rings. The van der Waals surface area contributed by atoms with E-state index in [-0.39, 0.29) is 5.41 Å². The van der Waals surface area contributed by atoms with Crippen molar-refractivity contribution in [2.24, 2.45) is 5.41 Å². The Hall–Kier alpha value is -1.77. The summed E-state index contributed by atoms with van der Waals surface area (Å²) in [5, 5.41) is 9.02. The number of rotatable bonds is 3. The van der Waals surface area contributed by atoms with Gasteiger partial charge in [0, 0.05) is 11.6 Å². The van der Waals surface area contributed by atoms with Gasteiger partial charge in [-0.15, -0.1) is 0 Å². The zero-order valence-electron chi connectivity index (χ0n) is 11.6. The third-order valence-corrected chi connectivity index (χ3v) is 2.72. The van der Waals surface area contributed by atoms with Crippen molar-refractivity contribution in [3.05, 3.63) is 35.4 Å². The van der Waals surface area contributed by atoms with Gasteiger partial charge in [0.25, 0.3) is 0 Å². The van der Waals surface area contributed by atoms with Crippen molar-refractivity contribution in [1.82, 2.24) is 0 Å². The summed E-state index contributed by atoms with van der Waals surface area (Å²) in [5.74, 6) is -0.244. The van der Waals surface area contributed by atoms with E-state index < -0.39 is 5.97 Å². The SMILES string of the molecule is COc1ccc(C)cc1/C(=C/C(=O)O)C(C)(C)C. The average molecular weight is 248 g/mol. The van der Waals surface area contributed by atoms with Crippen LogP contribution in [0.4, 0.5) is 0 Å². The summed E-state index contributed by atoms with van der Waals surface area (Å²) in [5.41, 5.74) is 2.41. The molecule has 1 aromatic carbocycles. The molecule has 0 aliphatic heterocycles. The van der Waals surface area contributed by atoms with E-state index >= 15 is 0 Å². The first-order valence-corrected chi connectivity index (χ1v) is 5.86. The summed E-state index contributed by atoms with van der Waals surface area (Å²) >= 11 is 0. The van der Waals surface area contributed by atoms with Crippen molar-refractivity contribution >= 4 is 11.5 Å². The maximum atomic E-state index is 11.0. The van der Waals surface area contributed by atoms with Gasteiger partial charge in [0.15, 0.2) is 0 Å². The Kier molecular flexibility index (Phi) is 4.17. The van der Waals surface area contributed by atoms with E-state index in [1.165, 1.54) is 6.08 Å². The van der Waals surface area contributed by atoms with Crippen LogP contribution in [0.3, 0.4) is 0 Å². The molecule has 0 amide bonds. The van der Waals surface area contributed by atoms with Gasteiger partial charge >= 0.3 is 5.97 Å². The monoisotopic (exact) mass is 248 g/mol. The number of aliphatic carboxylic acids is 1. The molecule has 0 saturated carbocycles. The molecule has 0 bridgehead atoms. The molecule has 1 aromatic rings. The Bertz CT molecular complexity index is 479. The summed E-state index contributed by atoms with van der Waals surface area (Å²) < 4.78 is 5.32. The van der Waals surface area contributed by atoms with Crippen molar-refractivity contribution in [1.29, 1.82) is 0 Å². The molecule has 0 spiro atoms. The van der Waals surface area contributed by atoms with Crippen molar-refractivity contribution in [2.45, 2.75) is 27.7 Å². The first-order valence-electron chi connectivity index (χ1n) is 5.86. The van der Waals surface area contributed by atoms with Crippen molar-refractivity contribution in [3.8, 4) is 5.75 Å². The fraction of sp³-hybridized carbons (Fsp3) is 0.400. The van der Waals surface area contributed by atoms with E-state index in [0.717, 1.165) is 16.7 Å². The highest BCUT2D eigenvalue weighted by Crippen LogP contribution is 2.38. The molecule has 0 radical (unpaired) electrons. The first kappa shape index (κ1) is 14.3. The summed E-state index contributed by atoms with van der Waals surface area (Å²) in [7, 11) is 1.59. The molecule has 3 nitrogen and oxygen atoms in total. The second-order valence-electron chi connectivity index (χ2n) is 5.35. The van der Waals surface area contributed by atoms with Gasteiger partial charge in [-0.25, -0.2) is 4.79 Å². The van der Waals surface area contributed by atoms with Crippen LogP contribution in [0, 0.1) is 12.3 Å². The Balaban J connectivity index is 3.47. The number of methoxy groups -OCH3 is 1. The minimum absolute atomic E-state index is 0.264.